The van der Waals surface area contributed by atoms with Gasteiger partial charge < -0.3 is 14.8 Å². The topological polar surface area (TPSA) is 86.2 Å². The van der Waals surface area contributed by atoms with Crippen molar-refractivity contribution in [3.05, 3.63) is 5.28 Å². The van der Waals surface area contributed by atoms with Crippen LogP contribution in [-0.4, -0.2) is 40.7 Å². The maximum absolute atomic E-state index is 11.6. The lowest BCUT2D eigenvalue weighted by atomic mass is 10.1. The fourth-order valence-corrected chi connectivity index (χ4v) is 1.51. The maximum Gasteiger partial charge on any atom is 0.328 e. The summed E-state index contributed by atoms with van der Waals surface area (Å²) in [4.78, 5) is 23.4. The Bertz CT molecular complexity index is 442. The largest absolute Gasteiger partial charge is 0.467 e. The fourth-order valence-electron chi connectivity index (χ4n) is 1.35. The quantitative estimate of drug-likeness (QED) is 0.794. The lowest BCUT2D eigenvalue weighted by Crippen LogP contribution is -2.36. The van der Waals surface area contributed by atoms with Gasteiger partial charge in [0.1, 0.15) is 6.04 Å². The molecule has 0 aliphatic rings. The zero-order valence-corrected chi connectivity index (χ0v) is 12.1. The molecule has 0 spiro atoms. The van der Waals surface area contributed by atoms with Crippen LogP contribution in [0.3, 0.4) is 0 Å². The van der Waals surface area contributed by atoms with Crippen LogP contribution in [0.15, 0.2) is 0 Å². The Morgan fingerprint density at radius 1 is 1.37 bits per heavy atom. The predicted molar refractivity (Wildman–Crippen MR) is 70.3 cm³/mol. The van der Waals surface area contributed by atoms with Crippen molar-refractivity contribution in [2.75, 3.05) is 19.0 Å². The molecule has 106 valence electrons. The van der Waals surface area contributed by atoms with Gasteiger partial charge in [0.25, 0.3) is 0 Å². The summed E-state index contributed by atoms with van der Waals surface area (Å²) in [5.41, 5.74) is 0. The number of halogens is 1. The van der Waals surface area contributed by atoms with Crippen molar-refractivity contribution < 1.29 is 14.3 Å². The summed E-state index contributed by atoms with van der Waals surface area (Å²) < 4.78 is 9.87. The van der Waals surface area contributed by atoms with Crippen molar-refractivity contribution in [2.45, 2.75) is 26.8 Å². The first kappa shape index (κ1) is 15.4. The summed E-state index contributed by atoms with van der Waals surface area (Å²) >= 11 is 5.76. The maximum atomic E-state index is 11.6. The van der Waals surface area contributed by atoms with E-state index in [2.05, 4.69) is 20.3 Å². The lowest BCUT2D eigenvalue weighted by molar-refractivity contribution is -0.142. The molecule has 0 amide bonds. The second kappa shape index (κ2) is 7.08. The second-order valence-corrected chi connectivity index (χ2v) is 4.37. The number of hydrogen-bond acceptors (Lipinski definition) is 7. The molecule has 0 saturated carbocycles. The van der Waals surface area contributed by atoms with Crippen molar-refractivity contribution in [1.29, 1.82) is 0 Å². The van der Waals surface area contributed by atoms with E-state index in [1.807, 2.05) is 13.8 Å². The number of anilines is 1. The van der Waals surface area contributed by atoms with E-state index in [9.17, 15) is 4.79 Å². The van der Waals surface area contributed by atoms with E-state index in [1.165, 1.54) is 7.11 Å². The Kier molecular flexibility index (Phi) is 5.75. The molecule has 0 aliphatic carbocycles. The third-order valence-electron chi connectivity index (χ3n) is 2.27. The predicted octanol–water partition coefficient (Wildman–Crippen LogP) is 1.53. The summed E-state index contributed by atoms with van der Waals surface area (Å²) in [5, 5.41) is 2.86. The molecule has 1 atom stereocenters. The third-order valence-corrected chi connectivity index (χ3v) is 2.44. The summed E-state index contributed by atoms with van der Waals surface area (Å²) in [6.07, 6.45) is 0. The minimum absolute atomic E-state index is 0.00136. The van der Waals surface area contributed by atoms with Crippen LogP contribution in [-0.2, 0) is 9.53 Å². The smallest absolute Gasteiger partial charge is 0.328 e. The summed E-state index contributed by atoms with van der Waals surface area (Å²) in [5.74, 6) is -0.226. The van der Waals surface area contributed by atoms with Crippen LogP contribution < -0.4 is 10.1 Å². The standard InChI is InChI=1S/C11H17ClN4O3/c1-5-19-11-15-9(12)14-10(16-11)13-7(6(2)3)8(17)18-4/h6-7H,5H2,1-4H3,(H,13,14,15,16). The van der Waals surface area contributed by atoms with Crippen molar-refractivity contribution >= 4 is 23.5 Å². The molecular formula is C11H17ClN4O3. The Hall–Kier alpha value is -1.63. The number of carbonyl (C=O) groups is 1. The van der Waals surface area contributed by atoms with Crippen LogP contribution in [0.25, 0.3) is 0 Å². The van der Waals surface area contributed by atoms with Gasteiger partial charge >= 0.3 is 12.0 Å². The van der Waals surface area contributed by atoms with E-state index in [0.29, 0.717) is 6.61 Å². The molecule has 0 saturated heterocycles. The zero-order valence-electron chi connectivity index (χ0n) is 11.3. The van der Waals surface area contributed by atoms with Crippen LogP contribution in [0.2, 0.25) is 5.28 Å². The van der Waals surface area contributed by atoms with Gasteiger partial charge in [-0.15, -0.1) is 0 Å². The highest BCUT2D eigenvalue weighted by molar-refractivity contribution is 6.28. The molecule has 1 N–H and O–H groups in total. The molecule has 1 unspecified atom stereocenters. The number of nitrogens with one attached hydrogen (secondary N) is 1. The van der Waals surface area contributed by atoms with Gasteiger partial charge in [0.15, 0.2) is 0 Å². The zero-order chi connectivity index (χ0) is 14.4. The average Bonchev–Trinajstić information content (AvgIpc) is 2.34. The Balaban J connectivity index is 2.92. The first-order valence-electron chi connectivity index (χ1n) is 5.86. The molecule has 7 nitrogen and oxygen atoms in total. The second-order valence-electron chi connectivity index (χ2n) is 4.03. The highest BCUT2D eigenvalue weighted by Crippen LogP contribution is 2.15. The van der Waals surface area contributed by atoms with E-state index in [-0.39, 0.29) is 23.2 Å². The summed E-state index contributed by atoms with van der Waals surface area (Å²) in [6, 6.07) is -0.463. The Labute approximate surface area is 116 Å². The SMILES string of the molecule is CCOc1nc(Cl)nc(NC(C(=O)OC)C(C)C)n1. The van der Waals surface area contributed by atoms with E-state index in [4.69, 9.17) is 21.1 Å². The minimum Gasteiger partial charge on any atom is -0.467 e. The first-order valence-corrected chi connectivity index (χ1v) is 6.24. The van der Waals surface area contributed by atoms with Gasteiger partial charge in [-0.05, 0) is 24.4 Å². The van der Waals surface area contributed by atoms with Crippen molar-refractivity contribution in [3.63, 3.8) is 0 Å². The number of aromatic nitrogens is 3. The van der Waals surface area contributed by atoms with E-state index < -0.39 is 12.0 Å². The molecule has 0 aromatic carbocycles. The summed E-state index contributed by atoms with van der Waals surface area (Å²) in [7, 11) is 1.32. The van der Waals surface area contributed by atoms with Crippen molar-refractivity contribution in [3.8, 4) is 6.01 Å². The molecule has 1 aromatic heterocycles. The van der Waals surface area contributed by atoms with E-state index in [0.717, 1.165) is 0 Å². The molecule has 8 heteroatoms. The number of rotatable bonds is 6. The number of esters is 1. The molecule has 0 bridgehead atoms. The number of methoxy groups -OCH3 is 1. The Morgan fingerprint density at radius 3 is 2.58 bits per heavy atom. The number of hydrogen-bond donors (Lipinski definition) is 1. The van der Waals surface area contributed by atoms with Gasteiger partial charge in [-0.1, -0.05) is 13.8 Å². The van der Waals surface area contributed by atoms with Gasteiger partial charge in [-0.3, -0.25) is 0 Å². The van der Waals surface area contributed by atoms with Gasteiger partial charge in [0.2, 0.25) is 11.2 Å². The van der Waals surface area contributed by atoms with Gasteiger partial charge in [0, 0.05) is 0 Å². The third kappa shape index (κ3) is 4.51. The molecule has 1 rings (SSSR count). The highest BCUT2D eigenvalue weighted by atomic mass is 35.5. The van der Waals surface area contributed by atoms with Gasteiger partial charge in [-0.2, -0.15) is 15.0 Å². The molecule has 0 fully saturated rings. The van der Waals surface area contributed by atoms with Crippen LogP contribution in [0.1, 0.15) is 20.8 Å². The highest BCUT2D eigenvalue weighted by Gasteiger charge is 2.24. The normalized spacial score (nSPS) is 12.1. The van der Waals surface area contributed by atoms with Crippen molar-refractivity contribution in [2.24, 2.45) is 5.92 Å². The van der Waals surface area contributed by atoms with Gasteiger partial charge in [-0.25, -0.2) is 4.79 Å². The first-order chi connectivity index (χ1) is 8.97. The average molecular weight is 289 g/mol. The van der Waals surface area contributed by atoms with Crippen LogP contribution in [0, 0.1) is 5.92 Å². The van der Waals surface area contributed by atoms with E-state index in [1.54, 1.807) is 6.92 Å². The number of nitrogens with zero attached hydrogens (tertiary/aromatic N) is 3. The van der Waals surface area contributed by atoms with Crippen molar-refractivity contribution in [1.82, 2.24) is 15.0 Å². The molecule has 0 aliphatic heterocycles. The van der Waals surface area contributed by atoms with Gasteiger partial charge in [0.05, 0.1) is 13.7 Å². The van der Waals surface area contributed by atoms with E-state index >= 15 is 0 Å². The lowest BCUT2D eigenvalue weighted by Gasteiger charge is -2.19. The molecule has 1 aromatic rings. The number of ether oxygens (including phenoxy) is 2. The molecule has 1 heterocycles. The van der Waals surface area contributed by atoms with Crippen LogP contribution in [0.4, 0.5) is 5.95 Å². The Morgan fingerprint density at radius 2 is 2.05 bits per heavy atom. The van der Waals surface area contributed by atoms with Crippen LogP contribution >= 0.6 is 11.6 Å². The van der Waals surface area contributed by atoms with Crippen LogP contribution in [0.5, 0.6) is 6.01 Å². The monoisotopic (exact) mass is 288 g/mol. The number of carbonyl (C=O) groups excluding carboxylic acids is 1. The molecule has 0 radical (unpaired) electrons. The fraction of sp³-hybridized carbons (Fsp3) is 0.636. The summed E-state index contributed by atoms with van der Waals surface area (Å²) in [6.45, 7) is 5.96. The molecular weight excluding hydrogens is 272 g/mol. The minimum atomic E-state index is -0.571. The molecule has 19 heavy (non-hydrogen) atoms.